The fourth-order valence-electron chi connectivity index (χ4n) is 3.29. The van der Waals surface area contributed by atoms with E-state index in [4.69, 9.17) is 11.6 Å². The van der Waals surface area contributed by atoms with Gasteiger partial charge in [0.15, 0.2) is 0 Å². The van der Waals surface area contributed by atoms with Gasteiger partial charge in [0.05, 0.1) is 22.6 Å². The number of halogens is 1. The lowest BCUT2D eigenvalue weighted by Gasteiger charge is -2.30. The summed E-state index contributed by atoms with van der Waals surface area (Å²) in [5.41, 5.74) is 4.10. The molecule has 3 aromatic rings. The van der Waals surface area contributed by atoms with Crippen molar-refractivity contribution in [3.63, 3.8) is 0 Å². The lowest BCUT2D eigenvalue weighted by Crippen LogP contribution is -2.32. The van der Waals surface area contributed by atoms with Gasteiger partial charge in [-0.3, -0.25) is 4.98 Å². The number of hydrogen-bond donors (Lipinski definition) is 1. The molecule has 0 radical (unpaired) electrons. The number of rotatable bonds is 3. The minimum Gasteiger partial charge on any atom is -0.350 e. The van der Waals surface area contributed by atoms with Gasteiger partial charge in [-0.05, 0) is 24.3 Å². The molecule has 1 N–H and O–H groups in total. The number of pyridine rings is 2. The van der Waals surface area contributed by atoms with E-state index in [9.17, 15) is 0 Å². The fourth-order valence-corrected chi connectivity index (χ4v) is 3.53. The molecule has 0 fully saturated rings. The number of aromatic nitrogens is 4. The first-order valence-electron chi connectivity index (χ1n) is 9.33. The highest BCUT2D eigenvalue weighted by Gasteiger charge is 2.23. The maximum Gasteiger partial charge on any atom is 0.147 e. The first kappa shape index (κ1) is 18.6. The average molecular weight is 395 g/mol. The predicted octanol–water partition coefficient (Wildman–Crippen LogP) is 4.52. The Balaban J connectivity index is 1.60. The molecule has 7 heteroatoms. The van der Waals surface area contributed by atoms with E-state index < -0.39 is 0 Å². The highest BCUT2D eigenvalue weighted by atomic mass is 35.5. The van der Waals surface area contributed by atoms with Gasteiger partial charge in [0.25, 0.3) is 0 Å². The summed E-state index contributed by atoms with van der Waals surface area (Å²) in [5.74, 6) is 1.59. The molecule has 0 saturated heterocycles. The first-order valence-corrected chi connectivity index (χ1v) is 9.71. The van der Waals surface area contributed by atoms with Crippen LogP contribution in [0.5, 0.6) is 0 Å². The largest absolute Gasteiger partial charge is 0.350 e. The lowest BCUT2D eigenvalue weighted by atomic mass is 9.92. The van der Waals surface area contributed by atoms with Crippen LogP contribution in [0.15, 0.2) is 43.0 Å². The molecular weight excluding hydrogens is 372 g/mol. The summed E-state index contributed by atoms with van der Waals surface area (Å²) in [6, 6.07) is 7.80. The SMILES string of the molecule is CC(C)(C)c1ccc(Nc2ncnc3c2CN(c2ncccc2Cl)CC3)cn1. The molecule has 6 nitrogen and oxygen atoms in total. The van der Waals surface area contributed by atoms with Crippen LogP contribution >= 0.6 is 11.6 Å². The second kappa shape index (κ2) is 7.36. The molecular formula is C21H23ClN6. The molecule has 0 aliphatic carbocycles. The summed E-state index contributed by atoms with van der Waals surface area (Å²) in [6.45, 7) is 7.94. The van der Waals surface area contributed by atoms with Crippen LogP contribution in [0.2, 0.25) is 5.02 Å². The third-order valence-corrected chi connectivity index (χ3v) is 5.13. The maximum absolute atomic E-state index is 6.35. The van der Waals surface area contributed by atoms with Crippen LogP contribution in [0.3, 0.4) is 0 Å². The van der Waals surface area contributed by atoms with E-state index in [2.05, 4.69) is 57.0 Å². The van der Waals surface area contributed by atoms with Crippen LogP contribution in [0.4, 0.5) is 17.3 Å². The van der Waals surface area contributed by atoms with Gasteiger partial charge in [-0.15, -0.1) is 0 Å². The minimum absolute atomic E-state index is 0.0229. The topological polar surface area (TPSA) is 66.8 Å². The Morgan fingerprint density at radius 2 is 1.93 bits per heavy atom. The first-order chi connectivity index (χ1) is 13.4. The Labute approximate surface area is 170 Å². The molecule has 0 spiro atoms. The summed E-state index contributed by atoms with van der Waals surface area (Å²) in [5, 5.41) is 4.06. The van der Waals surface area contributed by atoms with Crippen molar-refractivity contribution in [3.05, 3.63) is 65.0 Å². The number of nitrogens with zero attached hydrogens (tertiary/aromatic N) is 5. The molecule has 1 aliphatic heterocycles. The van der Waals surface area contributed by atoms with Gasteiger partial charge >= 0.3 is 0 Å². The molecule has 1 aliphatic rings. The number of anilines is 3. The van der Waals surface area contributed by atoms with Crippen molar-refractivity contribution < 1.29 is 0 Å². The van der Waals surface area contributed by atoms with Gasteiger partial charge in [0.2, 0.25) is 0 Å². The van der Waals surface area contributed by atoms with Crippen LogP contribution < -0.4 is 10.2 Å². The molecule has 3 aromatic heterocycles. The Hall–Kier alpha value is -2.73. The van der Waals surface area contributed by atoms with Gasteiger partial charge in [-0.25, -0.2) is 15.0 Å². The van der Waals surface area contributed by atoms with Crippen LogP contribution in [0, 0.1) is 0 Å². The van der Waals surface area contributed by atoms with Crippen molar-refractivity contribution in [1.82, 2.24) is 19.9 Å². The predicted molar refractivity (Wildman–Crippen MR) is 112 cm³/mol. The van der Waals surface area contributed by atoms with Gasteiger partial charge in [0, 0.05) is 42.4 Å². The zero-order valence-electron chi connectivity index (χ0n) is 16.3. The van der Waals surface area contributed by atoms with Crippen LogP contribution in [-0.4, -0.2) is 26.5 Å². The zero-order chi connectivity index (χ0) is 19.7. The monoisotopic (exact) mass is 394 g/mol. The second-order valence-corrected chi connectivity index (χ2v) is 8.34. The summed E-state index contributed by atoms with van der Waals surface area (Å²) in [7, 11) is 0. The van der Waals surface area contributed by atoms with Crippen molar-refractivity contribution in [2.75, 3.05) is 16.8 Å². The third kappa shape index (κ3) is 3.78. The molecule has 28 heavy (non-hydrogen) atoms. The van der Waals surface area contributed by atoms with Crippen molar-refractivity contribution in [2.45, 2.75) is 39.2 Å². The normalized spacial score (nSPS) is 13.9. The third-order valence-electron chi connectivity index (χ3n) is 4.84. The van der Waals surface area contributed by atoms with E-state index in [1.54, 1.807) is 12.5 Å². The Morgan fingerprint density at radius 3 is 2.64 bits per heavy atom. The molecule has 4 heterocycles. The zero-order valence-corrected chi connectivity index (χ0v) is 17.0. The number of fused-ring (bicyclic) bond motifs is 1. The second-order valence-electron chi connectivity index (χ2n) is 7.94. The summed E-state index contributed by atoms with van der Waals surface area (Å²) >= 11 is 6.35. The van der Waals surface area contributed by atoms with E-state index in [-0.39, 0.29) is 5.41 Å². The summed E-state index contributed by atoms with van der Waals surface area (Å²) in [6.07, 6.45) is 6.05. The molecule has 0 unspecified atom stereocenters. The molecule has 144 valence electrons. The van der Waals surface area contributed by atoms with Crippen molar-refractivity contribution in [3.8, 4) is 0 Å². The Kier molecular flexibility index (Phi) is 4.89. The summed E-state index contributed by atoms with van der Waals surface area (Å²) in [4.78, 5) is 20.1. The molecule has 0 aromatic carbocycles. The van der Waals surface area contributed by atoms with Crippen LogP contribution in [0.25, 0.3) is 0 Å². The number of hydrogen-bond acceptors (Lipinski definition) is 6. The maximum atomic E-state index is 6.35. The fraction of sp³-hybridized carbons (Fsp3) is 0.333. The van der Waals surface area contributed by atoms with E-state index in [1.165, 1.54) is 0 Å². The van der Waals surface area contributed by atoms with E-state index in [1.807, 2.05) is 24.4 Å². The standard InChI is InChI=1S/C21H23ClN6/c1-21(2,3)18-7-6-14(11-24-18)27-19-15-12-28(10-8-17(15)25-13-26-19)20-16(22)5-4-9-23-20/h4-7,9,11,13H,8,10,12H2,1-3H3,(H,25,26,27). The van der Waals surface area contributed by atoms with Crippen LogP contribution in [0.1, 0.15) is 37.7 Å². The highest BCUT2D eigenvalue weighted by Crippen LogP contribution is 2.31. The average Bonchev–Trinajstić information content (AvgIpc) is 2.68. The van der Waals surface area contributed by atoms with Crippen molar-refractivity contribution >= 4 is 28.9 Å². The number of nitrogens with one attached hydrogen (secondary N) is 1. The molecule has 4 rings (SSSR count). The van der Waals surface area contributed by atoms with Crippen LogP contribution in [-0.2, 0) is 18.4 Å². The van der Waals surface area contributed by atoms with E-state index in [0.29, 0.717) is 11.6 Å². The highest BCUT2D eigenvalue weighted by molar-refractivity contribution is 6.32. The van der Waals surface area contributed by atoms with Gasteiger partial charge in [-0.2, -0.15) is 0 Å². The van der Waals surface area contributed by atoms with Crippen molar-refractivity contribution in [2.24, 2.45) is 0 Å². The van der Waals surface area contributed by atoms with Gasteiger partial charge in [-0.1, -0.05) is 32.4 Å². The Morgan fingerprint density at radius 1 is 1.07 bits per heavy atom. The minimum atomic E-state index is 0.0229. The molecule has 0 amide bonds. The van der Waals surface area contributed by atoms with Crippen molar-refractivity contribution in [1.29, 1.82) is 0 Å². The molecule has 0 bridgehead atoms. The molecule has 0 atom stereocenters. The molecule has 0 saturated carbocycles. The van der Waals surface area contributed by atoms with Gasteiger partial charge in [0.1, 0.15) is 18.0 Å². The summed E-state index contributed by atoms with van der Waals surface area (Å²) < 4.78 is 0. The Bertz CT molecular complexity index is 981. The lowest BCUT2D eigenvalue weighted by molar-refractivity contribution is 0.569. The smallest absolute Gasteiger partial charge is 0.147 e. The van der Waals surface area contributed by atoms with Gasteiger partial charge < -0.3 is 10.2 Å². The quantitative estimate of drug-likeness (QED) is 0.704. The van der Waals surface area contributed by atoms with E-state index in [0.717, 1.165) is 47.2 Å². The van der Waals surface area contributed by atoms with E-state index >= 15 is 0 Å².